The van der Waals surface area contributed by atoms with Crippen LogP contribution in [0.3, 0.4) is 0 Å². The third kappa shape index (κ3) is 2.12. The van der Waals surface area contributed by atoms with Crippen LogP contribution < -0.4 is 0 Å². The molecule has 1 aromatic heterocycles. The van der Waals surface area contributed by atoms with Crippen molar-refractivity contribution in [1.29, 1.82) is 0 Å². The van der Waals surface area contributed by atoms with Crippen LogP contribution in [-0.4, -0.2) is 21.5 Å². The first kappa shape index (κ1) is 10.1. The summed E-state index contributed by atoms with van der Waals surface area (Å²) in [5.41, 5.74) is 1.07. The molecule has 0 N–H and O–H groups in total. The lowest BCUT2D eigenvalue weighted by molar-refractivity contribution is 0.959. The van der Waals surface area contributed by atoms with E-state index in [1.165, 1.54) is 4.91 Å². The second-order valence-corrected chi connectivity index (χ2v) is 5.41. The topological polar surface area (TPSA) is 25.8 Å². The first-order valence-corrected chi connectivity index (χ1v) is 6.64. The zero-order chi connectivity index (χ0) is 9.97. The van der Waals surface area contributed by atoms with E-state index in [1.54, 1.807) is 11.8 Å². The van der Waals surface area contributed by atoms with E-state index >= 15 is 0 Å². The van der Waals surface area contributed by atoms with E-state index in [0.29, 0.717) is 5.25 Å². The molecule has 74 valence electrons. The summed E-state index contributed by atoms with van der Waals surface area (Å²) in [5.74, 6) is 0. The Morgan fingerprint density at radius 3 is 3.07 bits per heavy atom. The molecule has 1 unspecified atom stereocenters. The van der Waals surface area contributed by atoms with Crippen LogP contribution in [0, 0.1) is 0 Å². The molecule has 1 aliphatic heterocycles. The van der Waals surface area contributed by atoms with E-state index in [9.17, 15) is 0 Å². The number of rotatable bonds is 2. The van der Waals surface area contributed by atoms with Gasteiger partial charge in [-0.2, -0.15) is 0 Å². The molecule has 1 atom stereocenters. The van der Waals surface area contributed by atoms with Crippen molar-refractivity contribution in [2.75, 3.05) is 6.26 Å². The molecule has 2 nitrogen and oxygen atoms in total. The highest BCUT2D eigenvalue weighted by Crippen LogP contribution is 2.38. The maximum atomic E-state index is 4.47. The minimum atomic E-state index is 0.692. The molecule has 1 aromatic rings. The zero-order valence-electron chi connectivity index (χ0n) is 8.23. The van der Waals surface area contributed by atoms with Crippen LogP contribution >= 0.6 is 23.5 Å². The number of nitrogens with zero attached hydrogens (tertiary/aromatic N) is 2. The van der Waals surface area contributed by atoms with Crippen molar-refractivity contribution in [3.63, 3.8) is 0 Å². The Balaban J connectivity index is 2.24. The summed E-state index contributed by atoms with van der Waals surface area (Å²) in [7, 11) is 0. The van der Waals surface area contributed by atoms with Crippen molar-refractivity contribution < 1.29 is 0 Å². The van der Waals surface area contributed by atoms with Crippen LogP contribution in [0.15, 0.2) is 23.5 Å². The molecule has 1 aliphatic rings. The zero-order valence-corrected chi connectivity index (χ0v) is 9.86. The van der Waals surface area contributed by atoms with E-state index in [-0.39, 0.29) is 0 Å². The molecule has 14 heavy (non-hydrogen) atoms. The standard InChI is InChI=1S/C10H12N2S2/c1-7-3-4-9(14-7)8-5-6-11-10(12-8)13-2/h4-7H,3H2,1-2H3. The van der Waals surface area contributed by atoms with Gasteiger partial charge in [0.2, 0.25) is 0 Å². The van der Waals surface area contributed by atoms with Gasteiger partial charge < -0.3 is 0 Å². The number of thioether (sulfide) groups is 2. The van der Waals surface area contributed by atoms with Crippen molar-refractivity contribution in [2.24, 2.45) is 0 Å². The molecule has 2 rings (SSSR count). The average Bonchev–Trinajstić information content (AvgIpc) is 2.65. The number of hydrogen-bond donors (Lipinski definition) is 0. The van der Waals surface area contributed by atoms with E-state index in [1.807, 2.05) is 30.3 Å². The molecule has 0 bridgehead atoms. The Labute approximate surface area is 92.6 Å². The average molecular weight is 224 g/mol. The lowest BCUT2D eigenvalue weighted by Gasteiger charge is -2.03. The van der Waals surface area contributed by atoms with Gasteiger partial charge in [-0.25, -0.2) is 9.97 Å². The molecular weight excluding hydrogens is 212 g/mol. The first-order chi connectivity index (χ1) is 6.79. The molecular formula is C10H12N2S2. The Morgan fingerprint density at radius 2 is 2.43 bits per heavy atom. The minimum absolute atomic E-state index is 0.692. The van der Waals surface area contributed by atoms with Crippen molar-refractivity contribution in [2.45, 2.75) is 23.8 Å². The quantitative estimate of drug-likeness (QED) is 0.569. The SMILES string of the molecule is CSc1nccc(C2=CCC(C)S2)n1. The Morgan fingerprint density at radius 1 is 1.57 bits per heavy atom. The van der Waals surface area contributed by atoms with Gasteiger partial charge >= 0.3 is 0 Å². The molecule has 0 saturated heterocycles. The Hall–Kier alpha value is -0.480. The van der Waals surface area contributed by atoms with Gasteiger partial charge in [-0.05, 0) is 18.7 Å². The van der Waals surface area contributed by atoms with Gasteiger partial charge in [-0.3, -0.25) is 0 Å². The Kier molecular flexibility index (Phi) is 3.13. The largest absolute Gasteiger partial charge is 0.231 e. The van der Waals surface area contributed by atoms with Gasteiger partial charge in [0.1, 0.15) is 0 Å². The van der Waals surface area contributed by atoms with Crippen molar-refractivity contribution >= 4 is 28.4 Å². The van der Waals surface area contributed by atoms with Crippen LogP contribution in [0.1, 0.15) is 19.0 Å². The molecule has 0 aliphatic carbocycles. The summed E-state index contributed by atoms with van der Waals surface area (Å²) in [6, 6.07) is 1.98. The molecule has 0 fully saturated rings. The van der Waals surface area contributed by atoms with E-state index < -0.39 is 0 Å². The van der Waals surface area contributed by atoms with Gasteiger partial charge in [-0.15, -0.1) is 11.8 Å². The molecule has 0 amide bonds. The normalized spacial score (nSPS) is 21.0. The van der Waals surface area contributed by atoms with Crippen LogP contribution in [0.4, 0.5) is 0 Å². The molecule has 4 heteroatoms. The van der Waals surface area contributed by atoms with Crippen LogP contribution in [-0.2, 0) is 0 Å². The highest BCUT2D eigenvalue weighted by atomic mass is 32.2. The van der Waals surface area contributed by atoms with E-state index in [0.717, 1.165) is 17.3 Å². The van der Waals surface area contributed by atoms with E-state index in [2.05, 4.69) is 23.0 Å². The second-order valence-electron chi connectivity index (χ2n) is 3.16. The van der Waals surface area contributed by atoms with Gasteiger partial charge in [0.05, 0.1) is 5.69 Å². The number of allylic oxidation sites excluding steroid dienone is 1. The Bertz CT molecular complexity index is 363. The molecule has 0 saturated carbocycles. The van der Waals surface area contributed by atoms with Crippen LogP contribution in [0.5, 0.6) is 0 Å². The minimum Gasteiger partial charge on any atom is -0.231 e. The fourth-order valence-corrected chi connectivity index (χ4v) is 2.74. The monoisotopic (exact) mass is 224 g/mol. The lowest BCUT2D eigenvalue weighted by Crippen LogP contribution is -1.91. The number of aromatic nitrogens is 2. The summed E-state index contributed by atoms with van der Waals surface area (Å²) in [5, 5.41) is 1.54. The van der Waals surface area contributed by atoms with Crippen molar-refractivity contribution in [3.8, 4) is 0 Å². The highest BCUT2D eigenvalue weighted by molar-refractivity contribution is 8.09. The predicted octanol–water partition coefficient (Wildman–Crippen LogP) is 3.06. The highest BCUT2D eigenvalue weighted by Gasteiger charge is 2.15. The third-order valence-electron chi connectivity index (χ3n) is 2.03. The summed E-state index contributed by atoms with van der Waals surface area (Å²) in [6.07, 6.45) is 7.25. The summed E-state index contributed by atoms with van der Waals surface area (Å²) in [4.78, 5) is 9.94. The van der Waals surface area contributed by atoms with Crippen LogP contribution in [0.2, 0.25) is 0 Å². The molecule has 2 heterocycles. The van der Waals surface area contributed by atoms with Crippen LogP contribution in [0.25, 0.3) is 4.91 Å². The van der Waals surface area contributed by atoms with Gasteiger partial charge in [0.25, 0.3) is 0 Å². The molecule has 0 spiro atoms. The van der Waals surface area contributed by atoms with Gasteiger partial charge in [-0.1, -0.05) is 24.8 Å². The van der Waals surface area contributed by atoms with E-state index in [4.69, 9.17) is 0 Å². The summed E-state index contributed by atoms with van der Waals surface area (Å²) >= 11 is 3.48. The fraction of sp³-hybridized carbons (Fsp3) is 0.400. The van der Waals surface area contributed by atoms with Crippen molar-refractivity contribution in [1.82, 2.24) is 9.97 Å². The summed E-state index contributed by atoms with van der Waals surface area (Å²) < 4.78 is 0. The lowest BCUT2D eigenvalue weighted by atomic mass is 10.3. The first-order valence-electron chi connectivity index (χ1n) is 4.54. The number of hydrogen-bond acceptors (Lipinski definition) is 4. The fourth-order valence-electron chi connectivity index (χ4n) is 1.33. The second kappa shape index (κ2) is 4.36. The maximum Gasteiger partial charge on any atom is 0.187 e. The van der Waals surface area contributed by atoms with Gasteiger partial charge in [0, 0.05) is 16.4 Å². The maximum absolute atomic E-state index is 4.47. The molecule has 0 aromatic carbocycles. The molecule has 0 radical (unpaired) electrons. The smallest absolute Gasteiger partial charge is 0.187 e. The predicted molar refractivity (Wildman–Crippen MR) is 63.5 cm³/mol. The van der Waals surface area contributed by atoms with Crippen molar-refractivity contribution in [3.05, 3.63) is 24.0 Å². The third-order valence-corrected chi connectivity index (χ3v) is 3.82. The summed E-state index contributed by atoms with van der Waals surface area (Å²) in [6.45, 7) is 2.24. The van der Waals surface area contributed by atoms with Gasteiger partial charge in [0.15, 0.2) is 5.16 Å².